The van der Waals surface area contributed by atoms with Gasteiger partial charge in [-0.2, -0.15) is 0 Å². The summed E-state index contributed by atoms with van der Waals surface area (Å²) >= 11 is 3.68. The minimum absolute atomic E-state index is 0.598. The number of hydrogen-bond acceptors (Lipinski definition) is 3. The van der Waals surface area contributed by atoms with Gasteiger partial charge in [0.1, 0.15) is 0 Å². The fraction of sp³-hybridized carbons (Fsp3) is 0.571. The highest BCUT2D eigenvalue weighted by atomic mass is 79.9. The molecule has 0 atom stereocenters. The molecule has 2 rings (SSSR count). The van der Waals surface area contributed by atoms with Crippen molar-refractivity contribution in [3.05, 3.63) is 21.7 Å². The second-order valence-corrected chi connectivity index (χ2v) is 5.51. The maximum absolute atomic E-state index is 5.49. The first-order valence-corrected chi connectivity index (χ1v) is 7.10. The minimum atomic E-state index is 0.598. The van der Waals surface area contributed by atoms with Crippen LogP contribution in [0.25, 0.3) is 0 Å². The Bertz CT molecular complexity index is 428. The van der Waals surface area contributed by atoms with Crippen LogP contribution in [0, 0.1) is 6.92 Å². The van der Waals surface area contributed by atoms with Crippen molar-refractivity contribution in [2.45, 2.75) is 25.7 Å². The van der Waals surface area contributed by atoms with Crippen molar-refractivity contribution in [1.82, 2.24) is 5.32 Å². The van der Waals surface area contributed by atoms with Gasteiger partial charge in [-0.15, -0.1) is 0 Å². The highest BCUT2D eigenvalue weighted by molar-refractivity contribution is 9.10. The molecule has 0 radical (unpaired) electrons. The van der Waals surface area contributed by atoms with Crippen LogP contribution < -0.4 is 14.8 Å². The van der Waals surface area contributed by atoms with Gasteiger partial charge in [0.05, 0.1) is 14.2 Å². The molecule has 1 saturated heterocycles. The van der Waals surface area contributed by atoms with Crippen molar-refractivity contribution in [2.24, 2.45) is 0 Å². The summed E-state index contributed by atoms with van der Waals surface area (Å²) in [4.78, 5) is 0. The Morgan fingerprint density at radius 1 is 1.22 bits per heavy atom. The van der Waals surface area contributed by atoms with Crippen LogP contribution >= 0.6 is 15.9 Å². The third-order valence-corrected chi connectivity index (χ3v) is 4.31. The van der Waals surface area contributed by atoms with Gasteiger partial charge >= 0.3 is 0 Å². The Labute approximate surface area is 117 Å². The molecule has 3 nitrogen and oxygen atoms in total. The summed E-state index contributed by atoms with van der Waals surface area (Å²) in [6.07, 6.45) is 2.35. The fourth-order valence-electron chi connectivity index (χ4n) is 2.76. The molecule has 1 aromatic rings. The molecule has 0 spiro atoms. The molecule has 1 N–H and O–H groups in total. The molecule has 0 aliphatic carbocycles. The van der Waals surface area contributed by atoms with E-state index < -0.39 is 0 Å². The molecule has 4 heteroatoms. The molecule has 0 amide bonds. The molecule has 1 aliphatic rings. The third kappa shape index (κ3) is 2.50. The Balaban J connectivity index is 2.46. The Hall–Kier alpha value is -0.740. The zero-order chi connectivity index (χ0) is 13.1. The van der Waals surface area contributed by atoms with Gasteiger partial charge in [-0.1, -0.05) is 15.9 Å². The second-order valence-electron chi connectivity index (χ2n) is 4.66. The SMILES string of the molecule is COc1cc(Br)c(C2CCNCC2)c(C)c1OC. The summed E-state index contributed by atoms with van der Waals surface area (Å²) in [6, 6.07) is 2.02. The minimum Gasteiger partial charge on any atom is -0.493 e. The van der Waals surface area contributed by atoms with Crippen LogP contribution in [-0.2, 0) is 0 Å². The molecular weight excluding hydrogens is 294 g/mol. The van der Waals surface area contributed by atoms with E-state index in [1.165, 1.54) is 24.0 Å². The van der Waals surface area contributed by atoms with Gasteiger partial charge in [-0.25, -0.2) is 0 Å². The average Bonchev–Trinajstić information content (AvgIpc) is 2.39. The molecule has 1 aliphatic heterocycles. The lowest BCUT2D eigenvalue weighted by molar-refractivity contribution is 0.350. The van der Waals surface area contributed by atoms with Crippen LogP contribution in [-0.4, -0.2) is 27.3 Å². The lowest BCUT2D eigenvalue weighted by Crippen LogP contribution is -2.27. The maximum atomic E-state index is 5.49. The Morgan fingerprint density at radius 3 is 2.44 bits per heavy atom. The van der Waals surface area contributed by atoms with E-state index in [-0.39, 0.29) is 0 Å². The largest absolute Gasteiger partial charge is 0.493 e. The number of piperidine rings is 1. The molecule has 0 aromatic heterocycles. The standard InChI is InChI=1S/C14H20BrNO2/c1-9-13(10-4-6-16-7-5-10)11(15)8-12(17-2)14(9)18-3/h8,10,16H,4-7H2,1-3H3. The van der Waals surface area contributed by atoms with Gasteiger partial charge in [-0.3, -0.25) is 0 Å². The predicted octanol–water partition coefficient (Wildman–Crippen LogP) is 3.24. The van der Waals surface area contributed by atoms with Crippen LogP contribution in [0.3, 0.4) is 0 Å². The topological polar surface area (TPSA) is 30.5 Å². The van der Waals surface area contributed by atoms with Crippen LogP contribution in [0.5, 0.6) is 11.5 Å². The number of nitrogens with one attached hydrogen (secondary N) is 1. The zero-order valence-corrected chi connectivity index (χ0v) is 12.8. The highest BCUT2D eigenvalue weighted by Crippen LogP contribution is 2.42. The number of hydrogen-bond donors (Lipinski definition) is 1. The van der Waals surface area contributed by atoms with E-state index in [2.05, 4.69) is 28.2 Å². The molecule has 100 valence electrons. The van der Waals surface area contributed by atoms with Gasteiger partial charge in [0.15, 0.2) is 11.5 Å². The molecular formula is C14H20BrNO2. The number of halogens is 1. The fourth-order valence-corrected chi connectivity index (χ4v) is 3.59. The molecule has 1 heterocycles. The normalized spacial score (nSPS) is 16.7. The smallest absolute Gasteiger partial charge is 0.163 e. The summed E-state index contributed by atoms with van der Waals surface area (Å²) in [5, 5.41) is 3.40. The van der Waals surface area contributed by atoms with Crippen molar-refractivity contribution in [3.63, 3.8) is 0 Å². The first-order chi connectivity index (χ1) is 8.69. The summed E-state index contributed by atoms with van der Waals surface area (Å²) in [7, 11) is 3.37. The third-order valence-electron chi connectivity index (χ3n) is 3.65. The van der Waals surface area contributed by atoms with Crippen LogP contribution in [0.4, 0.5) is 0 Å². The van der Waals surface area contributed by atoms with Crippen molar-refractivity contribution in [3.8, 4) is 11.5 Å². The molecule has 0 unspecified atom stereocenters. The Morgan fingerprint density at radius 2 is 1.89 bits per heavy atom. The van der Waals surface area contributed by atoms with E-state index in [9.17, 15) is 0 Å². The number of ether oxygens (including phenoxy) is 2. The summed E-state index contributed by atoms with van der Waals surface area (Å²) in [5.74, 6) is 2.24. The summed E-state index contributed by atoms with van der Waals surface area (Å²) in [5.41, 5.74) is 2.56. The lowest BCUT2D eigenvalue weighted by Gasteiger charge is -2.27. The second kappa shape index (κ2) is 5.93. The van der Waals surface area contributed by atoms with Crippen LogP contribution in [0.1, 0.15) is 29.9 Å². The lowest BCUT2D eigenvalue weighted by atomic mass is 9.87. The zero-order valence-electron chi connectivity index (χ0n) is 11.2. The maximum Gasteiger partial charge on any atom is 0.163 e. The molecule has 18 heavy (non-hydrogen) atoms. The van der Waals surface area contributed by atoms with Crippen molar-refractivity contribution < 1.29 is 9.47 Å². The van der Waals surface area contributed by atoms with E-state index in [0.29, 0.717) is 5.92 Å². The van der Waals surface area contributed by atoms with E-state index in [1.54, 1.807) is 14.2 Å². The summed E-state index contributed by atoms with van der Waals surface area (Å²) in [6.45, 7) is 4.29. The van der Waals surface area contributed by atoms with E-state index in [0.717, 1.165) is 29.1 Å². The highest BCUT2D eigenvalue weighted by Gasteiger charge is 2.23. The van der Waals surface area contributed by atoms with Crippen molar-refractivity contribution >= 4 is 15.9 Å². The predicted molar refractivity (Wildman–Crippen MR) is 76.8 cm³/mol. The molecule has 1 fully saturated rings. The first-order valence-electron chi connectivity index (χ1n) is 6.30. The first kappa shape index (κ1) is 13.7. The van der Waals surface area contributed by atoms with E-state index >= 15 is 0 Å². The summed E-state index contributed by atoms with van der Waals surface area (Å²) < 4.78 is 12.0. The van der Waals surface area contributed by atoms with E-state index in [1.807, 2.05) is 6.07 Å². The molecule has 0 bridgehead atoms. The van der Waals surface area contributed by atoms with Crippen molar-refractivity contribution in [1.29, 1.82) is 0 Å². The van der Waals surface area contributed by atoms with Gasteiger partial charge in [-0.05, 0) is 56.0 Å². The monoisotopic (exact) mass is 313 g/mol. The van der Waals surface area contributed by atoms with Gasteiger partial charge in [0.2, 0.25) is 0 Å². The van der Waals surface area contributed by atoms with Gasteiger partial charge < -0.3 is 14.8 Å². The Kier molecular flexibility index (Phi) is 4.51. The number of rotatable bonds is 3. The average molecular weight is 314 g/mol. The molecule has 0 saturated carbocycles. The van der Waals surface area contributed by atoms with Gasteiger partial charge in [0, 0.05) is 4.47 Å². The number of methoxy groups -OCH3 is 2. The number of benzene rings is 1. The van der Waals surface area contributed by atoms with E-state index in [4.69, 9.17) is 9.47 Å². The van der Waals surface area contributed by atoms with Crippen molar-refractivity contribution in [2.75, 3.05) is 27.3 Å². The van der Waals surface area contributed by atoms with Crippen LogP contribution in [0.2, 0.25) is 0 Å². The quantitative estimate of drug-likeness (QED) is 0.929. The van der Waals surface area contributed by atoms with Crippen LogP contribution in [0.15, 0.2) is 10.5 Å². The van der Waals surface area contributed by atoms with Gasteiger partial charge in [0.25, 0.3) is 0 Å². The molecule has 1 aromatic carbocycles.